The lowest BCUT2D eigenvalue weighted by Crippen LogP contribution is -2.54. The monoisotopic (exact) mass is 428 g/mol. The minimum atomic E-state index is -4.70. The standard InChI is InChI=1S/C20H27F3N4O3/c1-18(2,3)14(25-11-7-8-24-17(26-11)20(21,22)23)15(28)27-9-10-12(19(10,4)5)13(27)16(29)30-6/h7-8,10,12-14H,9H2,1-6H3,(H,24,25,26)/t10-,12-,13-,14+/m0/s1. The van der Waals surface area contributed by atoms with Gasteiger partial charge in [0.05, 0.1) is 7.11 Å². The van der Waals surface area contributed by atoms with Gasteiger partial charge in [0.2, 0.25) is 11.7 Å². The maximum Gasteiger partial charge on any atom is 0.451 e. The summed E-state index contributed by atoms with van der Waals surface area (Å²) in [6, 6.07) is -0.324. The molecule has 1 N–H and O–H groups in total. The molecule has 0 spiro atoms. The summed E-state index contributed by atoms with van der Waals surface area (Å²) < 4.78 is 43.8. The van der Waals surface area contributed by atoms with Gasteiger partial charge in [-0.1, -0.05) is 34.6 Å². The van der Waals surface area contributed by atoms with Crippen molar-refractivity contribution in [3.05, 3.63) is 18.1 Å². The summed E-state index contributed by atoms with van der Waals surface area (Å²) >= 11 is 0. The molecule has 4 atom stereocenters. The van der Waals surface area contributed by atoms with Crippen molar-refractivity contribution in [2.75, 3.05) is 19.0 Å². The quantitative estimate of drug-likeness (QED) is 0.743. The SMILES string of the molecule is COC(=O)[C@@H]1[C@@H]2[C@H](CN1C(=O)[C@@H](Nc1ccnc(C(F)(F)F)n1)C(C)(C)C)C2(C)C. The van der Waals surface area contributed by atoms with Crippen LogP contribution in [0.4, 0.5) is 19.0 Å². The number of ether oxygens (including phenoxy) is 1. The van der Waals surface area contributed by atoms with E-state index in [1.165, 1.54) is 18.1 Å². The first kappa shape index (κ1) is 22.3. The molecule has 10 heteroatoms. The maximum absolute atomic E-state index is 13.5. The molecule has 1 aromatic rings. The first-order valence-electron chi connectivity index (χ1n) is 9.74. The Morgan fingerprint density at radius 1 is 1.30 bits per heavy atom. The third kappa shape index (κ3) is 3.83. The van der Waals surface area contributed by atoms with E-state index in [0.717, 1.165) is 6.20 Å². The van der Waals surface area contributed by atoms with Crippen molar-refractivity contribution in [3.63, 3.8) is 0 Å². The highest BCUT2D eigenvalue weighted by atomic mass is 19.4. The first-order valence-corrected chi connectivity index (χ1v) is 9.74. The van der Waals surface area contributed by atoms with Crippen molar-refractivity contribution in [1.29, 1.82) is 0 Å². The molecule has 30 heavy (non-hydrogen) atoms. The van der Waals surface area contributed by atoms with Crippen molar-refractivity contribution in [3.8, 4) is 0 Å². The first-order chi connectivity index (χ1) is 13.7. The molecule has 0 bridgehead atoms. The normalized spacial score (nSPS) is 26.0. The molecule has 2 heterocycles. The predicted molar refractivity (Wildman–Crippen MR) is 102 cm³/mol. The van der Waals surface area contributed by atoms with Crippen LogP contribution in [0.15, 0.2) is 12.3 Å². The smallest absolute Gasteiger partial charge is 0.451 e. The summed E-state index contributed by atoms with van der Waals surface area (Å²) in [5.41, 5.74) is -0.724. The Hall–Kier alpha value is -2.39. The second kappa shape index (κ2) is 7.09. The lowest BCUT2D eigenvalue weighted by atomic mass is 9.85. The number of esters is 1. The van der Waals surface area contributed by atoms with E-state index >= 15 is 0 Å². The van der Waals surface area contributed by atoms with Crippen LogP contribution in [0.2, 0.25) is 0 Å². The Kier molecular flexibility index (Phi) is 5.27. The van der Waals surface area contributed by atoms with E-state index in [-0.39, 0.29) is 29.0 Å². The Bertz CT molecular complexity index is 850. The average molecular weight is 428 g/mol. The second-order valence-electron chi connectivity index (χ2n) is 9.62. The summed E-state index contributed by atoms with van der Waals surface area (Å²) in [6.07, 6.45) is -3.70. The van der Waals surface area contributed by atoms with Crippen molar-refractivity contribution < 1.29 is 27.5 Å². The number of aromatic nitrogens is 2. The third-order valence-electron chi connectivity index (χ3n) is 6.25. The van der Waals surface area contributed by atoms with Gasteiger partial charge in [0, 0.05) is 18.7 Å². The minimum Gasteiger partial charge on any atom is -0.467 e. The predicted octanol–water partition coefficient (Wildman–Crippen LogP) is 2.98. The molecule has 1 saturated carbocycles. The van der Waals surface area contributed by atoms with Crippen molar-refractivity contribution >= 4 is 17.7 Å². The van der Waals surface area contributed by atoms with Crippen molar-refractivity contribution in [2.45, 2.75) is 52.9 Å². The number of hydrogen-bond acceptors (Lipinski definition) is 6. The van der Waals surface area contributed by atoms with Crippen molar-refractivity contribution in [2.24, 2.45) is 22.7 Å². The number of nitrogens with zero attached hydrogens (tertiary/aromatic N) is 3. The molecule has 0 radical (unpaired) electrons. The van der Waals surface area contributed by atoms with E-state index in [0.29, 0.717) is 6.54 Å². The van der Waals surface area contributed by atoms with Gasteiger partial charge in [-0.2, -0.15) is 13.2 Å². The zero-order valence-corrected chi connectivity index (χ0v) is 17.9. The molecule has 7 nitrogen and oxygen atoms in total. The molecule has 2 aliphatic rings. The van der Waals surface area contributed by atoms with Gasteiger partial charge >= 0.3 is 12.1 Å². The van der Waals surface area contributed by atoms with Crippen molar-refractivity contribution in [1.82, 2.24) is 14.9 Å². The number of nitrogens with one attached hydrogen (secondary N) is 1. The van der Waals surface area contributed by atoms with Crippen LogP contribution in [0, 0.1) is 22.7 Å². The Morgan fingerprint density at radius 2 is 1.93 bits per heavy atom. The number of carbonyl (C=O) groups excluding carboxylic acids is 2. The topological polar surface area (TPSA) is 84.4 Å². The number of halogens is 3. The highest BCUT2D eigenvalue weighted by Gasteiger charge is 2.70. The van der Waals surface area contributed by atoms with E-state index < -0.39 is 35.5 Å². The number of anilines is 1. The molecular weight excluding hydrogens is 401 g/mol. The molecule has 166 valence electrons. The zero-order valence-electron chi connectivity index (χ0n) is 17.9. The number of fused-ring (bicyclic) bond motifs is 1. The van der Waals surface area contributed by atoms with Crippen LogP contribution < -0.4 is 5.32 Å². The molecule has 1 aliphatic carbocycles. The Balaban J connectivity index is 1.88. The van der Waals surface area contributed by atoms with Crippen LogP contribution in [0.5, 0.6) is 0 Å². The van der Waals surface area contributed by atoms with Gasteiger partial charge in [-0.05, 0) is 22.8 Å². The van der Waals surface area contributed by atoms with E-state index in [2.05, 4.69) is 29.1 Å². The van der Waals surface area contributed by atoms with E-state index in [1.54, 1.807) is 20.8 Å². The van der Waals surface area contributed by atoms with Gasteiger partial charge in [0.15, 0.2) is 0 Å². The molecule has 1 aliphatic heterocycles. The van der Waals surface area contributed by atoms with Gasteiger partial charge in [-0.3, -0.25) is 4.79 Å². The van der Waals surface area contributed by atoms with Crippen LogP contribution in [0.3, 0.4) is 0 Å². The molecule has 3 rings (SSSR count). The number of amides is 1. The molecule has 2 fully saturated rings. The van der Waals surface area contributed by atoms with Gasteiger partial charge < -0.3 is 15.0 Å². The van der Waals surface area contributed by atoms with Crippen LogP contribution in [-0.2, 0) is 20.5 Å². The number of piperidine rings is 1. The second-order valence-corrected chi connectivity index (χ2v) is 9.62. The number of likely N-dealkylation sites (tertiary alicyclic amines) is 1. The van der Waals surface area contributed by atoms with Gasteiger partial charge in [0.1, 0.15) is 17.9 Å². The fourth-order valence-corrected chi connectivity index (χ4v) is 4.44. The number of hydrogen-bond donors (Lipinski definition) is 1. The Morgan fingerprint density at radius 3 is 2.47 bits per heavy atom. The molecule has 0 unspecified atom stereocenters. The Labute approximate surface area is 173 Å². The minimum absolute atomic E-state index is 0.00500. The highest BCUT2D eigenvalue weighted by Crippen LogP contribution is 2.65. The fourth-order valence-electron chi connectivity index (χ4n) is 4.44. The van der Waals surface area contributed by atoms with Gasteiger partial charge in [-0.25, -0.2) is 14.8 Å². The number of rotatable bonds is 4. The average Bonchev–Trinajstić information content (AvgIpc) is 2.99. The third-order valence-corrected chi connectivity index (χ3v) is 6.25. The van der Waals surface area contributed by atoms with Crippen LogP contribution in [-0.4, -0.2) is 52.5 Å². The molecule has 1 aromatic heterocycles. The highest BCUT2D eigenvalue weighted by molar-refractivity contribution is 5.91. The summed E-state index contributed by atoms with van der Waals surface area (Å²) in [5.74, 6) is -2.05. The van der Waals surface area contributed by atoms with Crippen LogP contribution in [0.25, 0.3) is 0 Å². The largest absolute Gasteiger partial charge is 0.467 e. The van der Waals surface area contributed by atoms with Crippen LogP contribution in [0.1, 0.15) is 40.4 Å². The number of carbonyl (C=O) groups is 2. The molecule has 1 amide bonds. The van der Waals surface area contributed by atoms with Gasteiger partial charge in [0.25, 0.3) is 0 Å². The lowest BCUT2D eigenvalue weighted by Gasteiger charge is -2.37. The molecular formula is C20H27F3N4O3. The summed E-state index contributed by atoms with van der Waals surface area (Å²) in [7, 11) is 1.28. The van der Waals surface area contributed by atoms with Crippen LogP contribution >= 0.6 is 0 Å². The summed E-state index contributed by atoms with van der Waals surface area (Å²) in [4.78, 5) is 34.2. The summed E-state index contributed by atoms with van der Waals surface area (Å²) in [6.45, 7) is 9.90. The zero-order chi connectivity index (χ0) is 22.6. The lowest BCUT2D eigenvalue weighted by molar-refractivity contribution is -0.154. The molecule has 1 saturated heterocycles. The summed E-state index contributed by atoms with van der Waals surface area (Å²) in [5, 5.41) is 2.84. The van der Waals surface area contributed by atoms with Gasteiger partial charge in [-0.15, -0.1) is 0 Å². The number of methoxy groups -OCH3 is 1. The maximum atomic E-state index is 13.5. The van der Waals surface area contributed by atoms with E-state index in [9.17, 15) is 22.8 Å². The van der Waals surface area contributed by atoms with E-state index in [1.807, 2.05) is 0 Å². The fraction of sp³-hybridized carbons (Fsp3) is 0.700. The number of alkyl halides is 3. The van der Waals surface area contributed by atoms with E-state index in [4.69, 9.17) is 4.74 Å². The molecule has 0 aromatic carbocycles.